The topological polar surface area (TPSA) is 0 Å². The third-order valence-corrected chi connectivity index (χ3v) is 10.0. The standard InChI is InChI=1S/C15H20S3/c1-14-11-4-2-5-12(14)15(17-8-3-9-18-15)7-6-13(14)16-10-11/h5,10,13H,2-4,6-9H2,1H3. The Morgan fingerprint density at radius 3 is 2.94 bits per heavy atom. The van der Waals surface area contributed by atoms with Crippen LogP contribution in [0.4, 0.5) is 0 Å². The highest BCUT2D eigenvalue weighted by molar-refractivity contribution is 8.19. The second-order valence-electron chi connectivity index (χ2n) is 5.97. The zero-order valence-electron chi connectivity index (χ0n) is 10.9. The van der Waals surface area contributed by atoms with Crippen molar-refractivity contribution in [3.8, 4) is 0 Å². The summed E-state index contributed by atoms with van der Waals surface area (Å²) in [4.78, 5) is 0. The Hall–Kier alpha value is 0.530. The Morgan fingerprint density at radius 2 is 2.11 bits per heavy atom. The summed E-state index contributed by atoms with van der Waals surface area (Å²) in [7, 11) is 0. The summed E-state index contributed by atoms with van der Waals surface area (Å²) in [5.74, 6) is 2.74. The van der Waals surface area contributed by atoms with E-state index >= 15 is 0 Å². The molecule has 4 aliphatic rings. The van der Waals surface area contributed by atoms with Gasteiger partial charge in [-0.25, -0.2) is 0 Å². The van der Waals surface area contributed by atoms with Gasteiger partial charge in [-0.3, -0.25) is 0 Å². The van der Waals surface area contributed by atoms with Crippen LogP contribution in [-0.4, -0.2) is 20.8 Å². The molecular weight excluding hydrogens is 276 g/mol. The van der Waals surface area contributed by atoms with Crippen molar-refractivity contribution >= 4 is 35.3 Å². The quantitative estimate of drug-likeness (QED) is 0.573. The van der Waals surface area contributed by atoms with Crippen LogP contribution in [0.3, 0.4) is 0 Å². The lowest BCUT2D eigenvalue weighted by Crippen LogP contribution is -2.47. The van der Waals surface area contributed by atoms with Crippen LogP contribution in [0.2, 0.25) is 0 Å². The van der Waals surface area contributed by atoms with Crippen molar-refractivity contribution in [2.75, 3.05) is 11.5 Å². The van der Waals surface area contributed by atoms with Crippen LogP contribution in [0, 0.1) is 5.41 Å². The minimum atomic E-state index is 0.415. The summed E-state index contributed by atoms with van der Waals surface area (Å²) in [6.45, 7) is 2.55. The number of fused-ring (bicyclic) bond motifs is 1. The number of allylic oxidation sites excluding steroid dienone is 2. The van der Waals surface area contributed by atoms with Gasteiger partial charge in [0.15, 0.2) is 0 Å². The SMILES string of the molecule is CC12C3=CSC1CCC1(SCCCS1)C2=CCC3. The highest BCUT2D eigenvalue weighted by Gasteiger charge is 2.56. The van der Waals surface area contributed by atoms with E-state index in [4.69, 9.17) is 0 Å². The number of rotatable bonds is 0. The molecule has 0 amide bonds. The fourth-order valence-corrected chi connectivity index (χ4v) is 9.29. The van der Waals surface area contributed by atoms with Gasteiger partial charge < -0.3 is 0 Å². The molecule has 1 saturated heterocycles. The fourth-order valence-electron chi connectivity index (χ4n) is 4.12. The summed E-state index contributed by atoms with van der Waals surface area (Å²) in [5.41, 5.74) is 3.97. The molecule has 0 aromatic carbocycles. The normalized spacial score (nSPS) is 41.3. The molecule has 0 nitrogen and oxygen atoms in total. The summed E-state index contributed by atoms with van der Waals surface area (Å²) in [5, 5.41) is 3.35. The van der Waals surface area contributed by atoms with E-state index in [-0.39, 0.29) is 0 Å². The molecule has 2 unspecified atom stereocenters. The maximum absolute atomic E-state index is 2.63. The lowest BCUT2D eigenvalue weighted by Gasteiger charge is -2.53. The molecule has 2 heterocycles. The zero-order valence-corrected chi connectivity index (χ0v) is 13.4. The first-order valence-corrected chi connectivity index (χ1v) is 10.0. The van der Waals surface area contributed by atoms with E-state index in [0.29, 0.717) is 9.49 Å². The predicted octanol–water partition coefficient (Wildman–Crippen LogP) is 5.07. The van der Waals surface area contributed by atoms with Gasteiger partial charge in [-0.2, -0.15) is 0 Å². The van der Waals surface area contributed by atoms with E-state index in [0.717, 1.165) is 5.25 Å². The molecule has 4 rings (SSSR count). The van der Waals surface area contributed by atoms with Gasteiger partial charge in [0, 0.05) is 10.7 Å². The van der Waals surface area contributed by atoms with Crippen molar-refractivity contribution in [3.05, 3.63) is 22.6 Å². The number of hydrogen-bond donors (Lipinski definition) is 0. The average Bonchev–Trinajstić information content (AvgIpc) is 2.72. The Balaban J connectivity index is 1.81. The van der Waals surface area contributed by atoms with E-state index in [9.17, 15) is 0 Å². The highest BCUT2D eigenvalue weighted by atomic mass is 32.2. The summed E-state index contributed by atoms with van der Waals surface area (Å²) in [6, 6.07) is 0. The molecule has 2 aliphatic heterocycles. The molecule has 1 spiro atoms. The molecule has 3 heteroatoms. The second-order valence-corrected chi connectivity index (χ2v) is 10.1. The molecule has 2 fully saturated rings. The minimum absolute atomic E-state index is 0.415. The first kappa shape index (κ1) is 12.3. The molecule has 0 N–H and O–H groups in total. The van der Waals surface area contributed by atoms with E-state index in [1.807, 2.05) is 5.57 Å². The lowest BCUT2D eigenvalue weighted by atomic mass is 9.63. The molecule has 2 aliphatic carbocycles. The zero-order chi connectivity index (χ0) is 12.2. The van der Waals surface area contributed by atoms with E-state index in [1.54, 1.807) is 5.57 Å². The van der Waals surface area contributed by atoms with Crippen molar-refractivity contribution in [3.63, 3.8) is 0 Å². The Morgan fingerprint density at radius 1 is 1.28 bits per heavy atom. The van der Waals surface area contributed by atoms with Gasteiger partial charge in [-0.05, 0) is 54.6 Å². The van der Waals surface area contributed by atoms with Crippen molar-refractivity contribution < 1.29 is 0 Å². The first-order chi connectivity index (χ1) is 8.76. The fraction of sp³-hybridized carbons (Fsp3) is 0.733. The largest absolute Gasteiger partial charge is 0.140 e. The molecule has 18 heavy (non-hydrogen) atoms. The molecule has 2 atom stereocenters. The predicted molar refractivity (Wildman–Crippen MR) is 86.4 cm³/mol. The van der Waals surface area contributed by atoms with E-state index < -0.39 is 0 Å². The van der Waals surface area contributed by atoms with Gasteiger partial charge in [0.25, 0.3) is 0 Å². The second kappa shape index (κ2) is 4.26. The molecule has 98 valence electrons. The third-order valence-electron chi connectivity index (χ3n) is 5.11. The van der Waals surface area contributed by atoms with Crippen molar-refractivity contribution in [2.24, 2.45) is 5.41 Å². The summed E-state index contributed by atoms with van der Waals surface area (Å²) >= 11 is 6.65. The highest BCUT2D eigenvalue weighted by Crippen LogP contribution is 2.67. The number of hydrogen-bond acceptors (Lipinski definition) is 3. The smallest absolute Gasteiger partial charge is 0.0829 e. The third kappa shape index (κ3) is 1.50. The van der Waals surface area contributed by atoms with Crippen LogP contribution < -0.4 is 0 Å². The molecular formula is C15H20S3. The molecule has 0 bridgehead atoms. The molecule has 0 radical (unpaired) electrons. The van der Waals surface area contributed by atoms with E-state index in [1.165, 1.54) is 43.6 Å². The van der Waals surface area contributed by atoms with Gasteiger partial charge in [0.2, 0.25) is 0 Å². The van der Waals surface area contributed by atoms with Gasteiger partial charge >= 0.3 is 0 Å². The van der Waals surface area contributed by atoms with Crippen LogP contribution in [0.25, 0.3) is 0 Å². The van der Waals surface area contributed by atoms with Crippen LogP contribution in [0.5, 0.6) is 0 Å². The lowest BCUT2D eigenvalue weighted by molar-refractivity contribution is 0.354. The van der Waals surface area contributed by atoms with Gasteiger partial charge in [0.1, 0.15) is 0 Å². The number of thioether (sulfide) groups is 3. The van der Waals surface area contributed by atoms with Crippen LogP contribution >= 0.6 is 35.3 Å². The van der Waals surface area contributed by atoms with Gasteiger partial charge in [-0.15, -0.1) is 35.3 Å². The van der Waals surface area contributed by atoms with Crippen molar-refractivity contribution in [1.82, 2.24) is 0 Å². The summed E-state index contributed by atoms with van der Waals surface area (Å²) in [6.07, 6.45) is 9.45. The Labute approximate surface area is 123 Å². The minimum Gasteiger partial charge on any atom is -0.140 e. The van der Waals surface area contributed by atoms with Crippen molar-refractivity contribution in [2.45, 2.75) is 48.4 Å². The maximum atomic E-state index is 2.63. The van der Waals surface area contributed by atoms with E-state index in [2.05, 4.69) is 53.7 Å². The monoisotopic (exact) mass is 296 g/mol. The van der Waals surface area contributed by atoms with Gasteiger partial charge in [0.05, 0.1) is 4.08 Å². The molecule has 0 aromatic rings. The van der Waals surface area contributed by atoms with Gasteiger partial charge in [-0.1, -0.05) is 18.6 Å². The Kier molecular flexibility index (Phi) is 2.91. The van der Waals surface area contributed by atoms with Crippen molar-refractivity contribution in [1.29, 1.82) is 0 Å². The Bertz CT molecular complexity index is 431. The maximum Gasteiger partial charge on any atom is 0.0829 e. The summed E-state index contributed by atoms with van der Waals surface area (Å²) < 4.78 is 0.452. The van der Waals surface area contributed by atoms with Crippen LogP contribution in [0.1, 0.15) is 39.0 Å². The molecule has 1 saturated carbocycles. The average molecular weight is 297 g/mol. The van der Waals surface area contributed by atoms with Crippen LogP contribution in [0.15, 0.2) is 22.6 Å². The van der Waals surface area contributed by atoms with Crippen LogP contribution in [-0.2, 0) is 0 Å². The molecule has 0 aromatic heterocycles. The first-order valence-electron chi connectivity index (χ1n) is 7.10.